The fourth-order valence-corrected chi connectivity index (χ4v) is 1.55. The van der Waals surface area contributed by atoms with Gasteiger partial charge in [0.1, 0.15) is 5.82 Å². The van der Waals surface area contributed by atoms with E-state index in [1.54, 1.807) is 24.7 Å². The van der Waals surface area contributed by atoms with Gasteiger partial charge in [0.25, 0.3) is 0 Å². The standard InChI is InChI=1S/C10H10ClFN4/c1-13-10-15-14-9(16(10)2)6-3-4-7(11)8(12)5-6/h3-5H,1-2H3,(H,13,15). The van der Waals surface area contributed by atoms with Crippen molar-refractivity contribution in [2.75, 3.05) is 12.4 Å². The summed E-state index contributed by atoms with van der Waals surface area (Å²) in [6, 6.07) is 4.54. The minimum Gasteiger partial charge on any atom is -0.357 e. The van der Waals surface area contributed by atoms with Crippen LogP contribution < -0.4 is 5.32 Å². The molecule has 1 N–H and O–H groups in total. The molecule has 0 saturated heterocycles. The van der Waals surface area contributed by atoms with E-state index >= 15 is 0 Å². The number of rotatable bonds is 2. The smallest absolute Gasteiger partial charge is 0.224 e. The van der Waals surface area contributed by atoms with Gasteiger partial charge < -0.3 is 5.32 Å². The number of nitrogens with one attached hydrogen (secondary N) is 1. The van der Waals surface area contributed by atoms with Crippen LogP contribution in [0.3, 0.4) is 0 Å². The molecule has 0 fully saturated rings. The van der Waals surface area contributed by atoms with Gasteiger partial charge in [-0.2, -0.15) is 0 Å². The molecule has 0 radical (unpaired) electrons. The molecule has 0 aliphatic carbocycles. The number of benzene rings is 1. The second-order valence-electron chi connectivity index (χ2n) is 3.29. The maximum atomic E-state index is 13.3. The van der Waals surface area contributed by atoms with Gasteiger partial charge in [-0.15, -0.1) is 10.2 Å². The first-order chi connectivity index (χ1) is 7.63. The zero-order chi connectivity index (χ0) is 11.7. The molecule has 84 valence electrons. The van der Waals surface area contributed by atoms with Crippen LogP contribution in [0.5, 0.6) is 0 Å². The second-order valence-corrected chi connectivity index (χ2v) is 3.69. The van der Waals surface area contributed by atoms with Gasteiger partial charge in [-0.3, -0.25) is 4.57 Å². The van der Waals surface area contributed by atoms with Crippen LogP contribution in [-0.4, -0.2) is 21.8 Å². The molecule has 0 amide bonds. The number of aromatic nitrogens is 3. The number of nitrogens with zero attached hydrogens (tertiary/aromatic N) is 3. The van der Waals surface area contributed by atoms with Crippen LogP contribution in [-0.2, 0) is 7.05 Å². The molecule has 16 heavy (non-hydrogen) atoms. The van der Waals surface area contributed by atoms with Crippen LogP contribution in [0, 0.1) is 5.82 Å². The Labute approximate surface area is 97.1 Å². The van der Waals surface area contributed by atoms with E-state index in [0.29, 0.717) is 17.3 Å². The molecular weight excluding hydrogens is 231 g/mol. The molecule has 4 nitrogen and oxygen atoms in total. The van der Waals surface area contributed by atoms with Crippen molar-refractivity contribution in [3.05, 3.63) is 29.0 Å². The zero-order valence-electron chi connectivity index (χ0n) is 8.83. The van der Waals surface area contributed by atoms with Crippen molar-refractivity contribution >= 4 is 17.5 Å². The highest BCUT2D eigenvalue weighted by atomic mass is 35.5. The van der Waals surface area contributed by atoms with E-state index in [2.05, 4.69) is 15.5 Å². The molecule has 2 rings (SSSR count). The minimum absolute atomic E-state index is 0.0970. The minimum atomic E-state index is -0.465. The third kappa shape index (κ3) is 1.74. The van der Waals surface area contributed by atoms with E-state index in [9.17, 15) is 4.39 Å². The zero-order valence-corrected chi connectivity index (χ0v) is 9.59. The highest BCUT2D eigenvalue weighted by molar-refractivity contribution is 6.30. The number of hydrogen-bond acceptors (Lipinski definition) is 3. The molecule has 6 heteroatoms. The summed E-state index contributed by atoms with van der Waals surface area (Å²) >= 11 is 5.61. The van der Waals surface area contributed by atoms with Gasteiger partial charge >= 0.3 is 0 Å². The lowest BCUT2D eigenvalue weighted by atomic mass is 10.2. The van der Waals surface area contributed by atoms with Gasteiger partial charge in [-0.05, 0) is 18.2 Å². The largest absolute Gasteiger partial charge is 0.357 e. The lowest BCUT2D eigenvalue weighted by Gasteiger charge is -2.03. The van der Waals surface area contributed by atoms with Gasteiger partial charge in [-0.1, -0.05) is 11.6 Å². The van der Waals surface area contributed by atoms with Gasteiger partial charge in [0.15, 0.2) is 5.82 Å². The summed E-state index contributed by atoms with van der Waals surface area (Å²) < 4.78 is 15.0. The van der Waals surface area contributed by atoms with E-state index in [-0.39, 0.29) is 5.02 Å². The van der Waals surface area contributed by atoms with Crippen molar-refractivity contribution in [1.82, 2.24) is 14.8 Å². The summed E-state index contributed by atoms with van der Waals surface area (Å²) in [5.74, 6) is 0.735. The van der Waals surface area contributed by atoms with Gasteiger partial charge in [0, 0.05) is 19.7 Å². The van der Waals surface area contributed by atoms with Crippen LogP contribution in [0.25, 0.3) is 11.4 Å². The Morgan fingerprint density at radius 3 is 2.69 bits per heavy atom. The molecule has 1 heterocycles. The Morgan fingerprint density at radius 1 is 1.38 bits per heavy atom. The van der Waals surface area contributed by atoms with Gasteiger partial charge in [-0.25, -0.2) is 4.39 Å². The Hall–Kier alpha value is -1.62. The highest BCUT2D eigenvalue weighted by Gasteiger charge is 2.11. The third-order valence-corrected chi connectivity index (χ3v) is 2.58. The van der Waals surface area contributed by atoms with Crippen LogP contribution in [0.4, 0.5) is 10.3 Å². The third-order valence-electron chi connectivity index (χ3n) is 2.28. The first-order valence-corrected chi connectivity index (χ1v) is 5.04. The van der Waals surface area contributed by atoms with E-state index in [4.69, 9.17) is 11.6 Å². The predicted molar refractivity (Wildman–Crippen MR) is 61.0 cm³/mol. The van der Waals surface area contributed by atoms with E-state index in [0.717, 1.165) is 0 Å². The maximum absolute atomic E-state index is 13.3. The monoisotopic (exact) mass is 240 g/mol. The first-order valence-electron chi connectivity index (χ1n) is 4.66. The Balaban J connectivity index is 2.50. The Kier molecular flexibility index (Phi) is 2.78. The number of anilines is 1. The normalized spacial score (nSPS) is 10.5. The number of hydrogen-bond donors (Lipinski definition) is 1. The quantitative estimate of drug-likeness (QED) is 0.876. The first kappa shape index (κ1) is 10.9. The van der Waals surface area contributed by atoms with Crippen LogP contribution >= 0.6 is 11.6 Å². The molecule has 1 aromatic heterocycles. The summed E-state index contributed by atoms with van der Waals surface area (Å²) in [4.78, 5) is 0. The fraction of sp³-hybridized carbons (Fsp3) is 0.200. The molecule has 2 aromatic rings. The summed E-state index contributed by atoms with van der Waals surface area (Å²) in [5.41, 5.74) is 0.637. The molecule has 0 atom stereocenters. The van der Waals surface area contributed by atoms with Crippen molar-refractivity contribution in [3.8, 4) is 11.4 Å². The van der Waals surface area contributed by atoms with Crippen LogP contribution in [0.2, 0.25) is 5.02 Å². The van der Waals surface area contributed by atoms with E-state index in [1.165, 1.54) is 12.1 Å². The van der Waals surface area contributed by atoms with Crippen molar-refractivity contribution < 1.29 is 4.39 Å². The van der Waals surface area contributed by atoms with Crippen LogP contribution in [0.15, 0.2) is 18.2 Å². The molecule has 0 bridgehead atoms. The summed E-state index contributed by atoms with van der Waals surface area (Å²) in [5, 5.41) is 10.9. The lowest BCUT2D eigenvalue weighted by molar-refractivity contribution is 0.628. The average molecular weight is 241 g/mol. The van der Waals surface area contributed by atoms with Crippen molar-refractivity contribution in [3.63, 3.8) is 0 Å². The van der Waals surface area contributed by atoms with Crippen molar-refractivity contribution in [2.24, 2.45) is 7.05 Å². The molecular formula is C10H10ClFN4. The molecule has 0 aliphatic heterocycles. The lowest BCUT2D eigenvalue weighted by Crippen LogP contribution is -1.99. The van der Waals surface area contributed by atoms with Gasteiger partial charge in [0.05, 0.1) is 5.02 Å². The number of halogens is 2. The average Bonchev–Trinajstić information content (AvgIpc) is 2.64. The highest BCUT2D eigenvalue weighted by Crippen LogP contribution is 2.23. The van der Waals surface area contributed by atoms with Crippen molar-refractivity contribution in [2.45, 2.75) is 0 Å². The maximum Gasteiger partial charge on any atom is 0.224 e. The molecule has 0 unspecified atom stereocenters. The Morgan fingerprint density at radius 2 is 2.12 bits per heavy atom. The predicted octanol–water partition coefficient (Wildman–Crippen LogP) is 2.32. The fourth-order valence-electron chi connectivity index (χ4n) is 1.43. The molecule has 0 aliphatic rings. The SMILES string of the molecule is CNc1nnc(-c2ccc(Cl)c(F)c2)n1C. The van der Waals surface area contributed by atoms with E-state index < -0.39 is 5.82 Å². The molecule has 1 aromatic carbocycles. The molecule has 0 spiro atoms. The summed E-state index contributed by atoms with van der Waals surface area (Å²) in [7, 11) is 3.55. The van der Waals surface area contributed by atoms with Crippen LogP contribution in [0.1, 0.15) is 0 Å². The van der Waals surface area contributed by atoms with Gasteiger partial charge in [0.2, 0.25) is 5.95 Å². The topological polar surface area (TPSA) is 42.7 Å². The Bertz CT molecular complexity index is 524. The van der Waals surface area contributed by atoms with Crippen molar-refractivity contribution in [1.29, 1.82) is 0 Å². The second kappa shape index (κ2) is 4.09. The van der Waals surface area contributed by atoms with E-state index in [1.807, 2.05) is 0 Å². The summed E-state index contributed by atoms with van der Waals surface area (Å²) in [6.07, 6.45) is 0. The summed E-state index contributed by atoms with van der Waals surface area (Å²) in [6.45, 7) is 0. The molecule has 0 saturated carbocycles.